The van der Waals surface area contributed by atoms with Gasteiger partial charge in [0.05, 0.1) is 17.0 Å². The first-order valence-electron chi connectivity index (χ1n) is 7.57. The van der Waals surface area contributed by atoms with Gasteiger partial charge in [0, 0.05) is 11.5 Å². The number of halogens is 1. The van der Waals surface area contributed by atoms with Crippen LogP contribution in [0.5, 0.6) is 0 Å². The third kappa shape index (κ3) is 2.12. The molecule has 1 aliphatic heterocycles. The first kappa shape index (κ1) is 15.1. The van der Waals surface area contributed by atoms with Crippen molar-refractivity contribution in [1.29, 1.82) is 0 Å². The van der Waals surface area contributed by atoms with Crippen LogP contribution in [0.3, 0.4) is 0 Å². The summed E-state index contributed by atoms with van der Waals surface area (Å²) in [5.41, 5.74) is 2.71. The van der Waals surface area contributed by atoms with Gasteiger partial charge in [0.15, 0.2) is 5.43 Å². The molecule has 1 amide bonds. The summed E-state index contributed by atoms with van der Waals surface area (Å²) in [4.78, 5) is 27.2. The van der Waals surface area contributed by atoms with Crippen molar-refractivity contribution in [3.63, 3.8) is 0 Å². The molecule has 1 aromatic heterocycles. The molecule has 2 heterocycles. The molecule has 2 aromatic carbocycles. The van der Waals surface area contributed by atoms with E-state index in [-0.39, 0.29) is 17.1 Å². The smallest absolute Gasteiger partial charge is 0.290 e. The van der Waals surface area contributed by atoms with Crippen molar-refractivity contribution in [1.82, 2.24) is 4.90 Å². The van der Waals surface area contributed by atoms with Gasteiger partial charge < -0.3 is 9.32 Å². The zero-order valence-electron chi connectivity index (χ0n) is 13.2. The van der Waals surface area contributed by atoms with E-state index in [4.69, 9.17) is 4.42 Å². The molecule has 4 rings (SSSR count). The Morgan fingerprint density at radius 2 is 1.79 bits per heavy atom. The number of hydrogen-bond donors (Lipinski definition) is 0. The van der Waals surface area contributed by atoms with Gasteiger partial charge in [-0.1, -0.05) is 45.8 Å². The maximum atomic E-state index is 13.1. The molecule has 0 saturated heterocycles. The van der Waals surface area contributed by atoms with Crippen LogP contribution in [0.15, 0.2) is 56.1 Å². The van der Waals surface area contributed by atoms with E-state index in [0.29, 0.717) is 16.5 Å². The second kappa shape index (κ2) is 5.31. The number of hydrogen-bond acceptors (Lipinski definition) is 3. The van der Waals surface area contributed by atoms with Crippen molar-refractivity contribution in [3.8, 4) is 0 Å². The van der Waals surface area contributed by atoms with Crippen molar-refractivity contribution >= 4 is 32.8 Å². The number of fused-ring (bicyclic) bond motifs is 2. The van der Waals surface area contributed by atoms with Crippen molar-refractivity contribution in [2.45, 2.75) is 13.0 Å². The Bertz CT molecular complexity index is 1040. The zero-order valence-corrected chi connectivity index (χ0v) is 14.8. The lowest BCUT2D eigenvalue weighted by Gasteiger charge is -2.20. The molecule has 0 aliphatic carbocycles. The monoisotopic (exact) mass is 383 g/mol. The third-order valence-electron chi connectivity index (χ3n) is 4.46. The summed E-state index contributed by atoms with van der Waals surface area (Å²) >= 11 is 3.38. The maximum absolute atomic E-state index is 13.1. The Hall–Kier alpha value is -2.40. The van der Waals surface area contributed by atoms with Crippen LogP contribution < -0.4 is 5.43 Å². The lowest BCUT2D eigenvalue weighted by Crippen LogP contribution is -2.25. The van der Waals surface area contributed by atoms with Crippen molar-refractivity contribution in [2.75, 3.05) is 7.05 Å². The van der Waals surface area contributed by atoms with Crippen LogP contribution in [0.4, 0.5) is 0 Å². The van der Waals surface area contributed by atoms with E-state index in [0.717, 1.165) is 15.6 Å². The number of carbonyl (C=O) groups is 1. The molecule has 1 unspecified atom stereocenters. The highest BCUT2D eigenvalue weighted by atomic mass is 79.9. The number of aryl methyl sites for hydroxylation is 1. The summed E-state index contributed by atoms with van der Waals surface area (Å²) in [5, 5.41) is 0.475. The molecular weight excluding hydrogens is 370 g/mol. The average Bonchev–Trinajstić information content (AvgIpc) is 2.82. The molecule has 5 heteroatoms. The van der Waals surface area contributed by atoms with Crippen molar-refractivity contribution < 1.29 is 9.21 Å². The molecule has 120 valence electrons. The molecule has 24 heavy (non-hydrogen) atoms. The predicted molar refractivity (Wildman–Crippen MR) is 95.3 cm³/mol. The van der Waals surface area contributed by atoms with Crippen LogP contribution >= 0.6 is 15.9 Å². The fourth-order valence-electron chi connectivity index (χ4n) is 3.20. The molecule has 0 bridgehead atoms. The maximum Gasteiger partial charge on any atom is 0.290 e. The fraction of sp³-hybridized carbons (Fsp3) is 0.158. The van der Waals surface area contributed by atoms with Crippen LogP contribution in [0.2, 0.25) is 0 Å². The highest BCUT2D eigenvalue weighted by molar-refractivity contribution is 9.10. The Kier molecular flexibility index (Phi) is 3.35. The summed E-state index contributed by atoms with van der Waals surface area (Å²) in [7, 11) is 1.70. The normalized spacial score (nSPS) is 16.7. The first-order valence-corrected chi connectivity index (χ1v) is 8.36. The molecule has 0 fully saturated rings. The summed E-state index contributed by atoms with van der Waals surface area (Å²) < 4.78 is 6.58. The van der Waals surface area contributed by atoms with E-state index in [1.165, 1.54) is 0 Å². The number of carbonyl (C=O) groups excluding carboxylic acids is 1. The topological polar surface area (TPSA) is 50.5 Å². The standard InChI is InChI=1S/C19H14BrNO3/c1-10-3-5-11(6-4-10)16-15-17(22)13-9-12(20)7-8-14(13)24-18(15)19(23)21(16)2/h3-9,16H,1-2H3. The Balaban J connectivity index is 2.03. The van der Waals surface area contributed by atoms with E-state index in [1.54, 1.807) is 30.1 Å². The lowest BCUT2D eigenvalue weighted by molar-refractivity contribution is 0.0771. The van der Waals surface area contributed by atoms with E-state index in [1.807, 2.05) is 31.2 Å². The zero-order chi connectivity index (χ0) is 17.0. The van der Waals surface area contributed by atoms with Crippen LogP contribution in [0.25, 0.3) is 11.0 Å². The number of amides is 1. The van der Waals surface area contributed by atoms with Gasteiger partial charge in [-0.15, -0.1) is 0 Å². The second-order valence-corrected chi connectivity index (χ2v) is 6.96. The van der Waals surface area contributed by atoms with Gasteiger partial charge in [-0.25, -0.2) is 0 Å². The SMILES string of the molecule is Cc1ccc(C2c3c(oc4ccc(Br)cc4c3=O)C(=O)N2C)cc1. The van der Waals surface area contributed by atoms with E-state index < -0.39 is 6.04 Å². The van der Waals surface area contributed by atoms with Gasteiger partial charge in [-0.2, -0.15) is 0 Å². The molecule has 4 nitrogen and oxygen atoms in total. The minimum Gasteiger partial charge on any atom is -0.450 e. The molecule has 0 saturated carbocycles. The van der Waals surface area contributed by atoms with Gasteiger partial charge in [0.1, 0.15) is 5.58 Å². The number of nitrogens with zero attached hydrogens (tertiary/aromatic N) is 1. The highest BCUT2D eigenvalue weighted by Crippen LogP contribution is 2.37. The lowest BCUT2D eigenvalue weighted by atomic mass is 9.98. The molecule has 0 N–H and O–H groups in total. The van der Waals surface area contributed by atoms with Crippen molar-refractivity contribution in [3.05, 3.63) is 79.6 Å². The minimum atomic E-state index is -0.423. The summed E-state index contributed by atoms with van der Waals surface area (Å²) in [5.74, 6) is -0.125. The van der Waals surface area contributed by atoms with Gasteiger partial charge in [-0.3, -0.25) is 9.59 Å². The summed E-state index contributed by atoms with van der Waals surface area (Å²) in [6.45, 7) is 2.00. The third-order valence-corrected chi connectivity index (χ3v) is 4.95. The second-order valence-electron chi connectivity index (χ2n) is 6.04. The largest absolute Gasteiger partial charge is 0.450 e. The molecule has 1 aliphatic rings. The number of rotatable bonds is 1. The van der Waals surface area contributed by atoms with Crippen LogP contribution in [-0.2, 0) is 0 Å². The fourth-order valence-corrected chi connectivity index (χ4v) is 3.56. The summed E-state index contributed by atoms with van der Waals surface area (Å²) in [6.07, 6.45) is 0. The molecule has 0 radical (unpaired) electrons. The summed E-state index contributed by atoms with van der Waals surface area (Å²) in [6, 6.07) is 12.7. The first-order chi connectivity index (χ1) is 11.5. The molecule has 1 atom stereocenters. The van der Waals surface area contributed by atoms with Gasteiger partial charge in [-0.05, 0) is 30.7 Å². The van der Waals surface area contributed by atoms with Crippen LogP contribution in [0.1, 0.15) is 33.3 Å². The highest BCUT2D eigenvalue weighted by Gasteiger charge is 2.40. The molecule has 3 aromatic rings. The van der Waals surface area contributed by atoms with E-state index >= 15 is 0 Å². The van der Waals surface area contributed by atoms with Crippen molar-refractivity contribution in [2.24, 2.45) is 0 Å². The molecular formula is C19H14BrNO3. The van der Waals surface area contributed by atoms with E-state index in [2.05, 4.69) is 15.9 Å². The van der Waals surface area contributed by atoms with Crippen LogP contribution in [-0.4, -0.2) is 17.9 Å². The van der Waals surface area contributed by atoms with E-state index in [9.17, 15) is 9.59 Å². The molecule has 0 spiro atoms. The van der Waals surface area contributed by atoms with Gasteiger partial charge in [0.25, 0.3) is 5.91 Å². The predicted octanol–water partition coefficient (Wildman–Crippen LogP) is 4.04. The van der Waals surface area contributed by atoms with Gasteiger partial charge in [0.2, 0.25) is 5.76 Å². The number of benzene rings is 2. The average molecular weight is 384 g/mol. The minimum absolute atomic E-state index is 0.142. The Morgan fingerprint density at radius 3 is 2.50 bits per heavy atom. The van der Waals surface area contributed by atoms with Crippen LogP contribution in [0, 0.1) is 6.92 Å². The van der Waals surface area contributed by atoms with Gasteiger partial charge >= 0.3 is 0 Å². The quantitative estimate of drug-likeness (QED) is 0.637. The Morgan fingerprint density at radius 1 is 1.08 bits per heavy atom. The Labute approximate surface area is 146 Å².